The number of rotatable bonds is 7. The van der Waals surface area contributed by atoms with Crippen molar-refractivity contribution < 1.29 is 14.6 Å². The summed E-state index contributed by atoms with van der Waals surface area (Å²) in [7, 11) is 1.66. The molecule has 0 aliphatic carbocycles. The lowest BCUT2D eigenvalue weighted by Gasteiger charge is -2.13. The summed E-state index contributed by atoms with van der Waals surface area (Å²) < 4.78 is 10.6. The normalized spacial score (nSPS) is 12.1. The molecule has 1 heterocycles. The van der Waals surface area contributed by atoms with Crippen LogP contribution in [-0.4, -0.2) is 23.8 Å². The minimum Gasteiger partial charge on any atom is -0.492 e. The van der Waals surface area contributed by atoms with Crippen LogP contribution in [0.2, 0.25) is 0 Å². The lowest BCUT2D eigenvalue weighted by Crippen LogP contribution is -2.02. The molecule has 1 aromatic heterocycles. The van der Waals surface area contributed by atoms with Crippen LogP contribution in [0, 0.1) is 0 Å². The van der Waals surface area contributed by atoms with Crippen LogP contribution in [0.15, 0.2) is 42.7 Å². The molecule has 1 aromatic carbocycles. The van der Waals surface area contributed by atoms with Gasteiger partial charge in [0.1, 0.15) is 11.9 Å². The zero-order valence-corrected chi connectivity index (χ0v) is 12.5. The summed E-state index contributed by atoms with van der Waals surface area (Å²) in [5, 5.41) is 10.4. The number of hydrogen-bond acceptors (Lipinski definition) is 4. The van der Waals surface area contributed by atoms with Crippen LogP contribution >= 0.6 is 0 Å². The van der Waals surface area contributed by atoms with Gasteiger partial charge in [-0.05, 0) is 23.6 Å². The third-order valence-corrected chi connectivity index (χ3v) is 3.13. The number of aliphatic hydroxyl groups excluding tert-OH is 1. The smallest absolute Gasteiger partial charge is 0.137 e. The molecule has 1 N–H and O–H groups in total. The van der Waals surface area contributed by atoms with Crippen LogP contribution in [0.3, 0.4) is 0 Å². The summed E-state index contributed by atoms with van der Waals surface area (Å²) in [5.41, 5.74) is 2.62. The molecule has 2 rings (SSSR count). The van der Waals surface area contributed by atoms with Gasteiger partial charge in [0, 0.05) is 18.9 Å². The molecule has 2 aromatic rings. The third kappa shape index (κ3) is 4.28. The molecule has 0 aliphatic heterocycles. The quantitative estimate of drug-likeness (QED) is 0.850. The summed E-state index contributed by atoms with van der Waals surface area (Å²) >= 11 is 0. The second-order valence-corrected chi connectivity index (χ2v) is 4.88. The van der Waals surface area contributed by atoms with Crippen LogP contribution in [0.4, 0.5) is 0 Å². The van der Waals surface area contributed by atoms with Crippen LogP contribution < -0.4 is 4.74 Å². The van der Waals surface area contributed by atoms with E-state index in [4.69, 9.17) is 9.47 Å². The fraction of sp³-hybridized carbons (Fsp3) is 0.353. The first-order valence-electron chi connectivity index (χ1n) is 7.08. The van der Waals surface area contributed by atoms with Gasteiger partial charge in [-0.2, -0.15) is 0 Å². The molecule has 0 spiro atoms. The van der Waals surface area contributed by atoms with E-state index in [-0.39, 0.29) is 0 Å². The first kappa shape index (κ1) is 15.5. The summed E-state index contributed by atoms with van der Waals surface area (Å²) in [6, 6.07) is 9.54. The zero-order chi connectivity index (χ0) is 15.1. The first-order valence-corrected chi connectivity index (χ1v) is 7.08. The van der Waals surface area contributed by atoms with Gasteiger partial charge in [0.2, 0.25) is 0 Å². The Bertz CT molecular complexity index is 554. The summed E-state index contributed by atoms with van der Waals surface area (Å²) in [4.78, 5) is 4.13. The fourth-order valence-corrected chi connectivity index (χ4v) is 2.04. The van der Waals surface area contributed by atoms with E-state index in [0.717, 1.165) is 23.1 Å². The Balaban J connectivity index is 2.13. The molecule has 1 unspecified atom stereocenters. The van der Waals surface area contributed by atoms with Crippen molar-refractivity contribution in [2.75, 3.05) is 13.7 Å². The standard InChI is InChI=1S/C17H21NO3/c1-3-8-21-16-9-15(10-18-11-16)17(19)14-6-4-13(5-7-14)12-20-2/h4-7,9-11,17,19H,3,8,12H2,1-2H3. The molecule has 0 aliphatic rings. The Kier molecular flexibility index (Phi) is 5.72. The SMILES string of the molecule is CCCOc1cncc(C(O)c2ccc(COC)cc2)c1. The van der Waals surface area contributed by atoms with Crippen LogP contribution in [0.5, 0.6) is 5.75 Å². The van der Waals surface area contributed by atoms with Crippen molar-refractivity contribution in [2.24, 2.45) is 0 Å². The van der Waals surface area contributed by atoms with Crippen molar-refractivity contribution in [1.29, 1.82) is 0 Å². The molecular formula is C17H21NO3. The molecular weight excluding hydrogens is 266 g/mol. The van der Waals surface area contributed by atoms with E-state index in [0.29, 0.717) is 19.0 Å². The average molecular weight is 287 g/mol. The minimum absolute atomic E-state index is 0.568. The van der Waals surface area contributed by atoms with Gasteiger partial charge < -0.3 is 14.6 Å². The van der Waals surface area contributed by atoms with Gasteiger partial charge in [-0.15, -0.1) is 0 Å². The van der Waals surface area contributed by atoms with E-state index in [1.165, 1.54) is 0 Å². The Morgan fingerprint density at radius 1 is 1.14 bits per heavy atom. The van der Waals surface area contributed by atoms with Gasteiger partial charge in [-0.3, -0.25) is 4.98 Å². The van der Waals surface area contributed by atoms with Crippen molar-refractivity contribution in [3.05, 3.63) is 59.4 Å². The number of benzene rings is 1. The molecule has 0 amide bonds. The maximum absolute atomic E-state index is 10.4. The maximum Gasteiger partial charge on any atom is 0.137 e. The molecule has 0 fully saturated rings. The molecule has 0 radical (unpaired) electrons. The van der Waals surface area contributed by atoms with Gasteiger partial charge in [-0.25, -0.2) is 0 Å². The van der Waals surface area contributed by atoms with Gasteiger partial charge in [-0.1, -0.05) is 31.2 Å². The summed E-state index contributed by atoms with van der Waals surface area (Å²) in [5.74, 6) is 0.685. The molecule has 1 atom stereocenters. The predicted molar refractivity (Wildman–Crippen MR) is 81.2 cm³/mol. The molecule has 0 saturated carbocycles. The van der Waals surface area contributed by atoms with Crippen LogP contribution in [0.25, 0.3) is 0 Å². The van der Waals surface area contributed by atoms with Gasteiger partial charge >= 0.3 is 0 Å². The Morgan fingerprint density at radius 2 is 1.90 bits per heavy atom. The first-order chi connectivity index (χ1) is 10.2. The van der Waals surface area contributed by atoms with Crippen molar-refractivity contribution in [3.8, 4) is 5.75 Å². The van der Waals surface area contributed by atoms with E-state index in [1.54, 1.807) is 19.5 Å². The van der Waals surface area contributed by atoms with Crippen LogP contribution in [-0.2, 0) is 11.3 Å². The van der Waals surface area contributed by atoms with E-state index < -0.39 is 6.10 Å². The topological polar surface area (TPSA) is 51.6 Å². The fourth-order valence-electron chi connectivity index (χ4n) is 2.04. The number of hydrogen-bond donors (Lipinski definition) is 1. The maximum atomic E-state index is 10.4. The number of nitrogens with zero attached hydrogens (tertiary/aromatic N) is 1. The summed E-state index contributed by atoms with van der Waals surface area (Å²) in [6.45, 7) is 3.26. The Morgan fingerprint density at radius 3 is 2.57 bits per heavy atom. The van der Waals surface area contributed by atoms with E-state index in [2.05, 4.69) is 4.98 Å². The van der Waals surface area contributed by atoms with Crippen LogP contribution in [0.1, 0.15) is 36.1 Å². The second kappa shape index (κ2) is 7.76. The van der Waals surface area contributed by atoms with E-state index in [9.17, 15) is 5.11 Å². The van der Waals surface area contributed by atoms with Gasteiger partial charge in [0.05, 0.1) is 19.4 Å². The molecule has 4 heteroatoms. The highest BCUT2D eigenvalue weighted by molar-refractivity contribution is 5.33. The highest BCUT2D eigenvalue weighted by Crippen LogP contribution is 2.24. The molecule has 0 saturated heterocycles. The number of aromatic nitrogens is 1. The second-order valence-electron chi connectivity index (χ2n) is 4.88. The molecule has 21 heavy (non-hydrogen) atoms. The highest BCUT2D eigenvalue weighted by atomic mass is 16.5. The minimum atomic E-state index is -0.709. The number of methoxy groups -OCH3 is 1. The van der Waals surface area contributed by atoms with E-state index in [1.807, 2.05) is 37.3 Å². The van der Waals surface area contributed by atoms with Crippen molar-refractivity contribution in [2.45, 2.75) is 26.1 Å². The van der Waals surface area contributed by atoms with Crippen molar-refractivity contribution in [3.63, 3.8) is 0 Å². The monoisotopic (exact) mass is 287 g/mol. The largest absolute Gasteiger partial charge is 0.492 e. The molecule has 4 nitrogen and oxygen atoms in total. The van der Waals surface area contributed by atoms with Crippen molar-refractivity contribution in [1.82, 2.24) is 4.98 Å². The Hall–Kier alpha value is -1.91. The Labute approximate surface area is 125 Å². The third-order valence-electron chi connectivity index (χ3n) is 3.13. The number of pyridine rings is 1. The predicted octanol–water partition coefficient (Wildman–Crippen LogP) is 3.10. The highest BCUT2D eigenvalue weighted by Gasteiger charge is 2.12. The summed E-state index contributed by atoms with van der Waals surface area (Å²) in [6.07, 6.45) is 3.55. The molecule has 0 bridgehead atoms. The number of aliphatic hydroxyl groups is 1. The molecule has 112 valence electrons. The average Bonchev–Trinajstić information content (AvgIpc) is 2.53. The van der Waals surface area contributed by atoms with Crippen molar-refractivity contribution >= 4 is 0 Å². The lowest BCUT2D eigenvalue weighted by atomic mass is 10.0. The lowest BCUT2D eigenvalue weighted by molar-refractivity contribution is 0.184. The van der Waals surface area contributed by atoms with Gasteiger partial charge in [0.15, 0.2) is 0 Å². The number of ether oxygens (including phenoxy) is 2. The van der Waals surface area contributed by atoms with Gasteiger partial charge in [0.25, 0.3) is 0 Å². The zero-order valence-electron chi connectivity index (χ0n) is 12.5. The van der Waals surface area contributed by atoms with E-state index >= 15 is 0 Å².